The van der Waals surface area contributed by atoms with Gasteiger partial charge in [0, 0.05) is 36.9 Å². The number of hydrogen-bond acceptors (Lipinski definition) is 3. The number of anilines is 2. The van der Waals surface area contributed by atoms with Crippen LogP contribution in [0.4, 0.5) is 16.2 Å². The van der Waals surface area contributed by atoms with Gasteiger partial charge in [-0.05, 0) is 42.5 Å². The highest BCUT2D eigenvalue weighted by atomic mass is 35.5. The fourth-order valence-electron chi connectivity index (χ4n) is 2.72. The molecule has 0 aromatic heterocycles. The van der Waals surface area contributed by atoms with E-state index in [1.54, 1.807) is 35.2 Å². The van der Waals surface area contributed by atoms with E-state index in [1.807, 2.05) is 12.1 Å². The third kappa shape index (κ3) is 4.16. The van der Waals surface area contributed by atoms with Gasteiger partial charge in [-0.25, -0.2) is 4.79 Å². The van der Waals surface area contributed by atoms with Gasteiger partial charge in [-0.2, -0.15) is 5.26 Å². The van der Waals surface area contributed by atoms with Gasteiger partial charge in [-0.15, -0.1) is 0 Å². The summed E-state index contributed by atoms with van der Waals surface area (Å²) in [6, 6.07) is 14.1. The summed E-state index contributed by atoms with van der Waals surface area (Å²) in [6.07, 6.45) is 0. The van der Waals surface area contributed by atoms with E-state index in [-0.39, 0.29) is 6.03 Å². The molecule has 2 aromatic carbocycles. The summed E-state index contributed by atoms with van der Waals surface area (Å²) in [5.74, 6) is 0. The van der Waals surface area contributed by atoms with Crippen molar-refractivity contribution in [3.05, 3.63) is 58.1 Å². The first kappa shape index (κ1) is 17.4. The van der Waals surface area contributed by atoms with Gasteiger partial charge < -0.3 is 15.1 Å². The summed E-state index contributed by atoms with van der Waals surface area (Å²) in [5.41, 5.74) is 2.16. The van der Waals surface area contributed by atoms with Crippen LogP contribution in [0.25, 0.3) is 0 Å². The molecular formula is C18H16Cl2N4O. The van der Waals surface area contributed by atoms with Crippen LogP contribution in [0, 0.1) is 11.3 Å². The largest absolute Gasteiger partial charge is 0.367 e. The van der Waals surface area contributed by atoms with Gasteiger partial charge in [0.15, 0.2) is 0 Å². The van der Waals surface area contributed by atoms with Gasteiger partial charge in [-0.1, -0.05) is 23.2 Å². The Labute approximate surface area is 156 Å². The first-order chi connectivity index (χ1) is 12.1. The van der Waals surface area contributed by atoms with Gasteiger partial charge in [-0.3, -0.25) is 0 Å². The van der Waals surface area contributed by atoms with E-state index in [0.29, 0.717) is 47.5 Å². The Kier molecular flexibility index (Phi) is 5.32. The Morgan fingerprint density at radius 1 is 1.04 bits per heavy atom. The summed E-state index contributed by atoms with van der Waals surface area (Å²) in [6.45, 7) is 2.59. The maximum atomic E-state index is 12.4. The zero-order chi connectivity index (χ0) is 17.8. The van der Waals surface area contributed by atoms with E-state index in [9.17, 15) is 4.79 Å². The number of nitrogens with zero attached hydrogens (tertiary/aromatic N) is 3. The molecule has 1 saturated heterocycles. The van der Waals surface area contributed by atoms with Crippen LogP contribution in [0.1, 0.15) is 5.56 Å². The molecule has 0 spiro atoms. The van der Waals surface area contributed by atoms with E-state index in [0.717, 1.165) is 5.69 Å². The number of rotatable bonds is 2. The molecule has 5 nitrogen and oxygen atoms in total. The zero-order valence-corrected chi connectivity index (χ0v) is 14.9. The average Bonchev–Trinajstić information content (AvgIpc) is 2.62. The average molecular weight is 375 g/mol. The molecule has 1 aliphatic heterocycles. The van der Waals surface area contributed by atoms with Crippen LogP contribution in [0.3, 0.4) is 0 Å². The lowest BCUT2D eigenvalue weighted by Gasteiger charge is -2.36. The van der Waals surface area contributed by atoms with Crippen LogP contribution in [0.5, 0.6) is 0 Å². The van der Waals surface area contributed by atoms with Gasteiger partial charge in [0.2, 0.25) is 0 Å². The predicted molar refractivity (Wildman–Crippen MR) is 100 cm³/mol. The van der Waals surface area contributed by atoms with Gasteiger partial charge >= 0.3 is 6.03 Å². The Morgan fingerprint density at radius 3 is 2.32 bits per heavy atom. The molecule has 0 saturated carbocycles. The Hall–Kier alpha value is -2.42. The number of hydrogen-bond donors (Lipinski definition) is 1. The molecule has 0 bridgehead atoms. The number of amides is 2. The lowest BCUT2D eigenvalue weighted by atomic mass is 10.2. The Balaban J connectivity index is 1.57. The lowest BCUT2D eigenvalue weighted by Crippen LogP contribution is -2.50. The predicted octanol–water partition coefficient (Wildman–Crippen LogP) is 4.22. The number of carbonyl (C=O) groups is 1. The minimum Gasteiger partial charge on any atom is -0.367 e. The molecule has 7 heteroatoms. The van der Waals surface area contributed by atoms with Crippen molar-refractivity contribution in [2.45, 2.75) is 0 Å². The number of benzene rings is 2. The van der Waals surface area contributed by atoms with Crippen molar-refractivity contribution in [3.8, 4) is 6.07 Å². The molecule has 0 unspecified atom stereocenters. The second-order valence-electron chi connectivity index (χ2n) is 5.69. The van der Waals surface area contributed by atoms with Crippen molar-refractivity contribution >= 4 is 40.6 Å². The number of urea groups is 1. The molecule has 0 aliphatic carbocycles. The molecular weight excluding hydrogens is 359 g/mol. The van der Waals surface area contributed by atoms with Gasteiger partial charge in [0.1, 0.15) is 0 Å². The number of piperazine rings is 1. The first-order valence-electron chi connectivity index (χ1n) is 7.83. The highest BCUT2D eigenvalue weighted by Gasteiger charge is 2.22. The number of carbonyl (C=O) groups excluding carboxylic acids is 1. The Morgan fingerprint density at radius 2 is 1.72 bits per heavy atom. The fraction of sp³-hybridized carbons (Fsp3) is 0.222. The van der Waals surface area contributed by atoms with Crippen molar-refractivity contribution in [2.24, 2.45) is 0 Å². The minimum atomic E-state index is -0.147. The van der Waals surface area contributed by atoms with E-state index < -0.39 is 0 Å². The molecule has 3 rings (SSSR count). The summed E-state index contributed by atoms with van der Waals surface area (Å²) >= 11 is 12.2. The molecule has 2 aromatic rings. The van der Waals surface area contributed by atoms with Crippen molar-refractivity contribution in [3.63, 3.8) is 0 Å². The lowest BCUT2D eigenvalue weighted by molar-refractivity contribution is 0.208. The molecule has 0 radical (unpaired) electrons. The first-order valence-corrected chi connectivity index (χ1v) is 8.58. The second kappa shape index (κ2) is 7.64. The van der Waals surface area contributed by atoms with Crippen molar-refractivity contribution < 1.29 is 4.79 Å². The standard InChI is InChI=1S/C18H16Cl2N4O/c19-14-3-6-17(16(20)11-14)23-7-9-24(10-8-23)18(25)22-15-4-1-13(12-21)2-5-15/h1-6,11H,7-10H2,(H,22,25). The monoisotopic (exact) mass is 374 g/mol. The topological polar surface area (TPSA) is 59.4 Å². The van der Waals surface area contributed by atoms with Crippen molar-refractivity contribution in [1.29, 1.82) is 5.26 Å². The smallest absolute Gasteiger partial charge is 0.321 e. The fourth-order valence-corrected chi connectivity index (χ4v) is 3.25. The third-order valence-electron chi connectivity index (χ3n) is 4.08. The van der Waals surface area contributed by atoms with Gasteiger partial charge in [0.25, 0.3) is 0 Å². The van der Waals surface area contributed by atoms with E-state index in [2.05, 4.69) is 16.3 Å². The van der Waals surface area contributed by atoms with Crippen LogP contribution in [-0.2, 0) is 0 Å². The molecule has 25 heavy (non-hydrogen) atoms. The second-order valence-corrected chi connectivity index (χ2v) is 6.53. The van der Waals surface area contributed by atoms with Crippen molar-refractivity contribution in [1.82, 2.24) is 4.90 Å². The molecule has 2 amide bonds. The molecule has 128 valence electrons. The number of nitriles is 1. The molecule has 1 aliphatic rings. The molecule has 0 atom stereocenters. The van der Waals surface area contributed by atoms with E-state index in [1.165, 1.54) is 0 Å². The summed E-state index contributed by atoms with van der Waals surface area (Å²) < 4.78 is 0. The summed E-state index contributed by atoms with van der Waals surface area (Å²) in [4.78, 5) is 16.3. The van der Waals surface area contributed by atoms with Crippen LogP contribution in [-0.4, -0.2) is 37.1 Å². The zero-order valence-electron chi connectivity index (χ0n) is 13.4. The maximum Gasteiger partial charge on any atom is 0.321 e. The highest BCUT2D eigenvalue weighted by Crippen LogP contribution is 2.29. The normalized spacial score (nSPS) is 14.1. The van der Waals surface area contributed by atoms with Crippen LogP contribution >= 0.6 is 23.2 Å². The molecule has 1 heterocycles. The summed E-state index contributed by atoms with van der Waals surface area (Å²) in [5, 5.41) is 12.9. The quantitative estimate of drug-likeness (QED) is 0.855. The van der Waals surface area contributed by atoms with E-state index in [4.69, 9.17) is 28.5 Å². The number of halogens is 2. The SMILES string of the molecule is N#Cc1ccc(NC(=O)N2CCN(c3ccc(Cl)cc3Cl)CC2)cc1. The molecule has 1 fully saturated rings. The number of nitrogens with one attached hydrogen (secondary N) is 1. The maximum absolute atomic E-state index is 12.4. The van der Waals surface area contributed by atoms with E-state index >= 15 is 0 Å². The highest BCUT2D eigenvalue weighted by molar-refractivity contribution is 6.36. The van der Waals surface area contributed by atoms with Crippen LogP contribution in [0.15, 0.2) is 42.5 Å². The Bertz CT molecular complexity index is 809. The van der Waals surface area contributed by atoms with Crippen molar-refractivity contribution in [2.75, 3.05) is 36.4 Å². The summed E-state index contributed by atoms with van der Waals surface area (Å²) in [7, 11) is 0. The molecule has 1 N–H and O–H groups in total. The van der Waals surface area contributed by atoms with Gasteiger partial charge in [0.05, 0.1) is 22.3 Å². The van der Waals surface area contributed by atoms with Crippen LogP contribution in [0.2, 0.25) is 10.0 Å². The third-order valence-corrected chi connectivity index (χ3v) is 4.62. The van der Waals surface area contributed by atoms with Crippen LogP contribution < -0.4 is 10.2 Å². The minimum absolute atomic E-state index is 0.147.